The summed E-state index contributed by atoms with van der Waals surface area (Å²) < 4.78 is 1.11. The van der Waals surface area contributed by atoms with Gasteiger partial charge >= 0.3 is 0 Å². The van der Waals surface area contributed by atoms with Gasteiger partial charge in [0.15, 0.2) is 0 Å². The van der Waals surface area contributed by atoms with Crippen molar-refractivity contribution in [3.8, 4) is 6.07 Å². The fourth-order valence-corrected chi connectivity index (χ4v) is 2.92. The summed E-state index contributed by atoms with van der Waals surface area (Å²) in [5, 5.41) is 8.79. The number of halogens is 1. The molecule has 0 aliphatic carbocycles. The molecule has 0 N–H and O–H groups in total. The van der Waals surface area contributed by atoms with E-state index in [0.717, 1.165) is 36.3 Å². The summed E-state index contributed by atoms with van der Waals surface area (Å²) in [7, 11) is 0. The number of pyridine rings is 1. The van der Waals surface area contributed by atoms with Crippen LogP contribution in [0.2, 0.25) is 0 Å². The zero-order valence-corrected chi connectivity index (χ0v) is 13.1. The van der Waals surface area contributed by atoms with Crippen LogP contribution in [0.15, 0.2) is 47.1 Å². The third-order valence-corrected chi connectivity index (χ3v) is 4.17. The van der Waals surface area contributed by atoms with E-state index >= 15 is 0 Å². The van der Waals surface area contributed by atoms with Crippen LogP contribution in [0.3, 0.4) is 0 Å². The Morgan fingerprint density at radius 3 is 2.29 bits per heavy atom. The minimum absolute atomic E-state index is 0.464. The number of nitriles is 1. The van der Waals surface area contributed by atoms with Crippen LogP contribution in [0.4, 0.5) is 11.4 Å². The number of anilines is 2. The van der Waals surface area contributed by atoms with Crippen LogP contribution in [0.5, 0.6) is 0 Å². The standard InChI is InChI=1S/C16H15BrN4/c17-13-2-1-3-15(10-13)20-6-8-21(9-7-20)16-5-4-14(11-18)19-12-16/h1-5,10,12H,6-9H2. The molecule has 1 aromatic carbocycles. The monoisotopic (exact) mass is 342 g/mol. The molecule has 21 heavy (non-hydrogen) atoms. The molecule has 0 amide bonds. The van der Waals surface area contributed by atoms with E-state index in [2.05, 4.69) is 48.9 Å². The lowest BCUT2D eigenvalue weighted by Gasteiger charge is -2.37. The Hall–Kier alpha value is -2.06. The van der Waals surface area contributed by atoms with Gasteiger partial charge < -0.3 is 9.80 Å². The molecule has 1 saturated heterocycles. The second-order valence-corrected chi connectivity index (χ2v) is 5.88. The van der Waals surface area contributed by atoms with Crippen LogP contribution in [-0.2, 0) is 0 Å². The predicted octanol–water partition coefficient (Wildman–Crippen LogP) is 3.04. The largest absolute Gasteiger partial charge is 0.368 e. The minimum atomic E-state index is 0.464. The van der Waals surface area contributed by atoms with Crippen LogP contribution >= 0.6 is 15.9 Å². The van der Waals surface area contributed by atoms with E-state index in [-0.39, 0.29) is 0 Å². The van der Waals surface area contributed by atoms with Gasteiger partial charge in [0.05, 0.1) is 11.9 Å². The lowest BCUT2D eigenvalue weighted by molar-refractivity contribution is 0.652. The highest BCUT2D eigenvalue weighted by Crippen LogP contribution is 2.23. The number of aromatic nitrogens is 1. The molecule has 1 fully saturated rings. The zero-order chi connectivity index (χ0) is 14.7. The molecule has 2 heterocycles. The average molecular weight is 343 g/mol. The van der Waals surface area contributed by atoms with Gasteiger partial charge in [0.25, 0.3) is 0 Å². The van der Waals surface area contributed by atoms with E-state index in [1.54, 1.807) is 12.3 Å². The van der Waals surface area contributed by atoms with Gasteiger partial charge in [0.2, 0.25) is 0 Å². The van der Waals surface area contributed by atoms with Gasteiger partial charge in [0, 0.05) is 36.3 Å². The van der Waals surface area contributed by atoms with Crippen molar-refractivity contribution in [2.45, 2.75) is 0 Å². The number of hydrogen-bond donors (Lipinski definition) is 0. The van der Waals surface area contributed by atoms with E-state index < -0.39 is 0 Å². The molecular formula is C16H15BrN4. The van der Waals surface area contributed by atoms with Gasteiger partial charge in [0.1, 0.15) is 11.8 Å². The first-order valence-corrected chi connectivity index (χ1v) is 7.67. The first kappa shape index (κ1) is 13.9. The van der Waals surface area contributed by atoms with Crippen molar-refractivity contribution in [2.24, 2.45) is 0 Å². The third kappa shape index (κ3) is 3.17. The molecule has 0 bridgehead atoms. The summed E-state index contributed by atoms with van der Waals surface area (Å²) in [6.07, 6.45) is 1.79. The van der Waals surface area contributed by atoms with Gasteiger partial charge in [-0.1, -0.05) is 22.0 Å². The molecular weight excluding hydrogens is 328 g/mol. The molecule has 0 saturated carbocycles. The molecule has 5 heteroatoms. The summed E-state index contributed by atoms with van der Waals surface area (Å²) >= 11 is 3.52. The molecule has 0 spiro atoms. The predicted molar refractivity (Wildman–Crippen MR) is 87.5 cm³/mol. The quantitative estimate of drug-likeness (QED) is 0.841. The van der Waals surface area contributed by atoms with Gasteiger partial charge in [-0.25, -0.2) is 4.98 Å². The van der Waals surface area contributed by atoms with Crippen molar-refractivity contribution < 1.29 is 0 Å². The lowest BCUT2D eigenvalue weighted by atomic mass is 10.2. The number of piperazine rings is 1. The Morgan fingerprint density at radius 2 is 1.71 bits per heavy atom. The Bertz CT molecular complexity index is 655. The fourth-order valence-electron chi connectivity index (χ4n) is 2.53. The van der Waals surface area contributed by atoms with Gasteiger partial charge in [-0.05, 0) is 30.3 Å². The van der Waals surface area contributed by atoms with Crippen LogP contribution in [0.25, 0.3) is 0 Å². The van der Waals surface area contributed by atoms with Crippen LogP contribution in [0.1, 0.15) is 5.69 Å². The third-order valence-electron chi connectivity index (χ3n) is 3.68. The maximum absolute atomic E-state index is 8.79. The molecule has 3 rings (SSSR count). The Balaban J connectivity index is 1.66. The summed E-state index contributed by atoms with van der Waals surface area (Å²) in [6, 6.07) is 14.2. The molecule has 1 aliphatic rings. The second kappa shape index (κ2) is 6.15. The molecule has 1 aromatic heterocycles. The van der Waals surface area contributed by atoms with Crippen molar-refractivity contribution in [1.82, 2.24) is 4.98 Å². The summed E-state index contributed by atoms with van der Waals surface area (Å²) in [4.78, 5) is 8.83. The highest BCUT2D eigenvalue weighted by atomic mass is 79.9. The molecule has 4 nitrogen and oxygen atoms in total. The Labute approximate surface area is 132 Å². The van der Waals surface area contributed by atoms with Crippen molar-refractivity contribution in [2.75, 3.05) is 36.0 Å². The van der Waals surface area contributed by atoms with E-state index in [1.165, 1.54) is 5.69 Å². The Kier molecular flexibility index (Phi) is 4.07. The highest BCUT2D eigenvalue weighted by Gasteiger charge is 2.17. The van der Waals surface area contributed by atoms with Crippen molar-refractivity contribution >= 4 is 27.3 Å². The first-order chi connectivity index (χ1) is 10.3. The number of benzene rings is 1. The topological polar surface area (TPSA) is 43.2 Å². The van der Waals surface area contributed by atoms with Crippen LogP contribution in [-0.4, -0.2) is 31.2 Å². The second-order valence-electron chi connectivity index (χ2n) is 4.97. The van der Waals surface area contributed by atoms with E-state index in [4.69, 9.17) is 5.26 Å². The minimum Gasteiger partial charge on any atom is -0.368 e. The summed E-state index contributed by atoms with van der Waals surface area (Å²) in [5.74, 6) is 0. The van der Waals surface area contributed by atoms with E-state index in [0.29, 0.717) is 5.69 Å². The number of hydrogen-bond acceptors (Lipinski definition) is 4. The molecule has 0 radical (unpaired) electrons. The fraction of sp³-hybridized carbons (Fsp3) is 0.250. The van der Waals surface area contributed by atoms with E-state index in [9.17, 15) is 0 Å². The maximum Gasteiger partial charge on any atom is 0.140 e. The van der Waals surface area contributed by atoms with Crippen molar-refractivity contribution in [3.05, 3.63) is 52.8 Å². The molecule has 106 valence electrons. The van der Waals surface area contributed by atoms with Crippen LogP contribution in [0, 0.1) is 11.3 Å². The molecule has 2 aromatic rings. The molecule has 0 atom stereocenters. The highest BCUT2D eigenvalue weighted by molar-refractivity contribution is 9.10. The van der Waals surface area contributed by atoms with Gasteiger partial charge in [-0.2, -0.15) is 5.26 Å². The summed E-state index contributed by atoms with van der Waals surface area (Å²) in [6.45, 7) is 3.88. The molecule has 1 aliphatic heterocycles. The van der Waals surface area contributed by atoms with Crippen molar-refractivity contribution in [1.29, 1.82) is 5.26 Å². The number of nitrogens with zero attached hydrogens (tertiary/aromatic N) is 4. The molecule has 0 unspecified atom stereocenters. The van der Waals surface area contributed by atoms with Crippen molar-refractivity contribution in [3.63, 3.8) is 0 Å². The number of rotatable bonds is 2. The average Bonchev–Trinajstić information content (AvgIpc) is 2.55. The Morgan fingerprint density at radius 1 is 1.00 bits per heavy atom. The SMILES string of the molecule is N#Cc1ccc(N2CCN(c3cccc(Br)c3)CC2)cn1. The van der Waals surface area contributed by atoms with Gasteiger partial charge in [-0.3, -0.25) is 0 Å². The summed E-state index contributed by atoms with van der Waals surface area (Å²) in [5.41, 5.74) is 2.80. The first-order valence-electron chi connectivity index (χ1n) is 6.88. The van der Waals surface area contributed by atoms with Crippen LogP contribution < -0.4 is 9.80 Å². The van der Waals surface area contributed by atoms with Gasteiger partial charge in [-0.15, -0.1) is 0 Å². The smallest absolute Gasteiger partial charge is 0.140 e. The maximum atomic E-state index is 8.79. The zero-order valence-electron chi connectivity index (χ0n) is 11.5. The lowest BCUT2D eigenvalue weighted by Crippen LogP contribution is -2.46. The normalized spacial score (nSPS) is 14.9. The van der Waals surface area contributed by atoms with E-state index in [1.807, 2.05) is 18.2 Å².